The Morgan fingerprint density at radius 2 is 1.43 bits per heavy atom. The molecule has 0 fully saturated rings. The van der Waals surface area contributed by atoms with Crippen molar-refractivity contribution in [1.82, 2.24) is 0 Å². The molecule has 0 heterocycles. The third kappa shape index (κ3) is 19.8. The van der Waals surface area contributed by atoms with Crippen molar-refractivity contribution < 1.29 is 73.4 Å². The Morgan fingerprint density at radius 1 is 0.929 bits per heavy atom. The van der Waals surface area contributed by atoms with Crippen LogP contribution in [0.2, 0.25) is 0 Å². The molecule has 0 amide bonds. The molecule has 14 heavy (non-hydrogen) atoms. The van der Waals surface area contributed by atoms with Crippen molar-refractivity contribution in [2.75, 3.05) is 6.61 Å². The van der Waals surface area contributed by atoms with E-state index >= 15 is 0 Å². The molecule has 0 saturated heterocycles. The minimum atomic E-state index is -2.63. The third-order valence-corrected chi connectivity index (χ3v) is 2.09. The van der Waals surface area contributed by atoms with Crippen LogP contribution in [0.15, 0.2) is 0 Å². The molecule has 0 aromatic carbocycles. The van der Waals surface area contributed by atoms with Gasteiger partial charge in [-0.15, -0.1) is 0 Å². The van der Waals surface area contributed by atoms with Gasteiger partial charge in [-0.05, 0) is 6.42 Å². The maximum atomic E-state index is 9.95. The summed E-state index contributed by atoms with van der Waals surface area (Å²) in [4.78, 5) is 19.9. The monoisotopic (exact) mass is 238 g/mol. The number of hydrogen-bond acceptors (Lipinski definition) is 3. The van der Waals surface area contributed by atoms with Crippen LogP contribution in [0.3, 0.4) is 0 Å². The van der Waals surface area contributed by atoms with Crippen LogP contribution in [-0.2, 0) is 4.52 Å². The summed E-state index contributed by atoms with van der Waals surface area (Å²) in [6, 6.07) is 0. The quantitative estimate of drug-likeness (QED) is 0.243. The van der Waals surface area contributed by atoms with Gasteiger partial charge >= 0.3 is 59.1 Å². The molecule has 74 valence electrons. The third-order valence-electron chi connectivity index (χ3n) is 1.69. The molecule has 0 radical (unpaired) electrons. The van der Waals surface area contributed by atoms with Gasteiger partial charge in [0.25, 0.3) is 0 Å². The number of rotatable bonds is 8. The van der Waals surface area contributed by atoms with Crippen LogP contribution in [-0.4, -0.2) is 6.61 Å². The zero-order valence-corrected chi connectivity index (χ0v) is 14.5. The predicted molar refractivity (Wildman–Crippen MR) is 46.2 cm³/mol. The molecule has 0 bridgehead atoms. The Morgan fingerprint density at radius 3 is 1.93 bits per heavy atom. The van der Waals surface area contributed by atoms with Crippen LogP contribution in [0.25, 0.3) is 0 Å². The van der Waals surface area contributed by atoms with Crippen LogP contribution in [0, 0.1) is 0 Å². The van der Waals surface area contributed by atoms with E-state index in [9.17, 15) is 9.79 Å². The first-order valence-corrected chi connectivity index (χ1v) is 5.64. The van der Waals surface area contributed by atoms with Crippen molar-refractivity contribution in [2.45, 2.75) is 45.4 Å². The van der Waals surface area contributed by atoms with E-state index < -0.39 is 8.60 Å². The van der Waals surface area contributed by atoms with Gasteiger partial charge < -0.3 is 14.3 Å². The Bertz CT molecular complexity index is 96.7. The Balaban J connectivity index is -0.000000605. The molecule has 0 spiro atoms. The van der Waals surface area contributed by atoms with Crippen molar-refractivity contribution >= 4 is 8.60 Å². The predicted octanol–water partition coefficient (Wildman–Crippen LogP) is -4.68. The first-order valence-electron chi connectivity index (χ1n) is 4.54. The van der Waals surface area contributed by atoms with Crippen LogP contribution in [0.5, 0.6) is 0 Å². The average molecular weight is 238 g/mol. The maximum absolute atomic E-state index is 9.95. The van der Waals surface area contributed by atoms with Gasteiger partial charge in [-0.1, -0.05) is 39.0 Å². The molecule has 0 aromatic heterocycles. The van der Waals surface area contributed by atoms with Gasteiger partial charge in [-0.25, -0.2) is 0 Å². The molecular formula is C8H17Na2O3P. The van der Waals surface area contributed by atoms with E-state index in [1.807, 2.05) is 0 Å². The molecule has 0 rings (SSSR count). The fourth-order valence-corrected chi connectivity index (χ4v) is 1.30. The van der Waals surface area contributed by atoms with Crippen molar-refractivity contribution in [3.05, 3.63) is 0 Å². The van der Waals surface area contributed by atoms with Crippen molar-refractivity contribution in [1.29, 1.82) is 0 Å². The minimum absolute atomic E-state index is 0. The van der Waals surface area contributed by atoms with E-state index in [1.165, 1.54) is 25.7 Å². The Labute approximate surface area is 133 Å². The van der Waals surface area contributed by atoms with Crippen LogP contribution in [0.1, 0.15) is 45.4 Å². The normalized spacial score (nSPS) is 9.43. The maximum Gasteiger partial charge on any atom is 1.00 e. The molecule has 0 atom stereocenters. The van der Waals surface area contributed by atoms with Gasteiger partial charge in [0.1, 0.15) is 0 Å². The number of unbranched alkanes of at least 4 members (excludes halogenated alkanes) is 5. The summed E-state index contributed by atoms with van der Waals surface area (Å²) in [5.74, 6) is 0. The topological polar surface area (TPSA) is 55.3 Å². The molecule has 0 aliphatic heterocycles. The Kier molecular flexibility index (Phi) is 27.3. The summed E-state index contributed by atoms with van der Waals surface area (Å²) in [6.45, 7) is 2.52. The standard InChI is InChI=1S/C8H17O3P.2Na/c1-2-3-4-5-6-7-8-11-12(9)10;;/h2-8H2,1H3;;/q-2;2*+1. The van der Waals surface area contributed by atoms with Gasteiger partial charge in [0.2, 0.25) is 0 Å². The van der Waals surface area contributed by atoms with Crippen LogP contribution < -0.4 is 68.9 Å². The second-order valence-electron chi connectivity index (χ2n) is 2.82. The summed E-state index contributed by atoms with van der Waals surface area (Å²) in [7, 11) is -2.63. The zero-order valence-electron chi connectivity index (χ0n) is 9.62. The molecule has 0 aliphatic carbocycles. The fraction of sp³-hybridized carbons (Fsp3) is 1.00. The van der Waals surface area contributed by atoms with E-state index in [0.29, 0.717) is 6.61 Å². The van der Waals surface area contributed by atoms with Crippen molar-refractivity contribution in [2.24, 2.45) is 0 Å². The molecule has 0 aromatic rings. The summed E-state index contributed by atoms with van der Waals surface area (Å²) < 4.78 is 4.40. The van der Waals surface area contributed by atoms with Crippen LogP contribution >= 0.6 is 8.60 Å². The molecule has 3 nitrogen and oxygen atoms in total. The summed E-state index contributed by atoms with van der Waals surface area (Å²) in [6.07, 6.45) is 6.88. The number of hydrogen-bond donors (Lipinski definition) is 0. The summed E-state index contributed by atoms with van der Waals surface area (Å²) >= 11 is 0. The van der Waals surface area contributed by atoms with Gasteiger partial charge in [0.15, 0.2) is 0 Å². The zero-order chi connectivity index (χ0) is 9.23. The molecule has 0 unspecified atom stereocenters. The molecular weight excluding hydrogens is 221 g/mol. The van der Waals surface area contributed by atoms with Crippen molar-refractivity contribution in [3.63, 3.8) is 0 Å². The van der Waals surface area contributed by atoms with Crippen molar-refractivity contribution in [3.8, 4) is 0 Å². The first kappa shape index (κ1) is 21.6. The first-order chi connectivity index (χ1) is 5.77. The molecule has 6 heteroatoms. The van der Waals surface area contributed by atoms with E-state index in [-0.39, 0.29) is 59.1 Å². The largest absolute Gasteiger partial charge is 1.00 e. The molecule has 0 saturated carbocycles. The second-order valence-corrected chi connectivity index (χ2v) is 3.53. The second kappa shape index (κ2) is 17.7. The van der Waals surface area contributed by atoms with E-state index in [2.05, 4.69) is 11.4 Å². The molecule has 0 aliphatic rings. The summed E-state index contributed by atoms with van der Waals surface area (Å²) in [5.41, 5.74) is 0. The van der Waals surface area contributed by atoms with E-state index in [1.54, 1.807) is 0 Å². The van der Waals surface area contributed by atoms with E-state index in [0.717, 1.165) is 12.8 Å². The SMILES string of the molecule is CCCCCCCCOP([O-])[O-].[Na+].[Na+]. The minimum Gasteiger partial charge on any atom is -0.820 e. The summed E-state index contributed by atoms with van der Waals surface area (Å²) in [5, 5.41) is 0. The fourth-order valence-electron chi connectivity index (χ4n) is 1.02. The average Bonchev–Trinajstić information content (AvgIpc) is 2.02. The van der Waals surface area contributed by atoms with E-state index in [4.69, 9.17) is 0 Å². The van der Waals surface area contributed by atoms with Gasteiger partial charge in [0.05, 0.1) is 0 Å². The smallest absolute Gasteiger partial charge is 0.820 e. The van der Waals surface area contributed by atoms with Gasteiger partial charge in [-0.3, -0.25) is 0 Å². The van der Waals surface area contributed by atoms with Gasteiger partial charge in [0, 0.05) is 6.61 Å². The van der Waals surface area contributed by atoms with Gasteiger partial charge in [-0.2, -0.15) is 8.60 Å². The van der Waals surface area contributed by atoms with Crippen LogP contribution in [0.4, 0.5) is 0 Å². The molecule has 0 N–H and O–H groups in total. The Hall–Kier alpha value is 2.31.